The number of nitrogens with zero attached hydrogens (tertiary/aromatic N) is 4. The van der Waals surface area contributed by atoms with Crippen molar-refractivity contribution in [3.8, 4) is 5.88 Å². The first kappa shape index (κ1) is 21.5. The van der Waals surface area contributed by atoms with E-state index >= 15 is 0 Å². The Kier molecular flexibility index (Phi) is 5.57. The number of halogens is 3. The lowest BCUT2D eigenvalue weighted by molar-refractivity contribution is -0.174. The van der Waals surface area contributed by atoms with Crippen molar-refractivity contribution in [3.63, 3.8) is 0 Å². The number of anilines is 1. The van der Waals surface area contributed by atoms with Gasteiger partial charge in [0.1, 0.15) is 5.82 Å². The van der Waals surface area contributed by atoms with E-state index in [1.54, 1.807) is 23.1 Å². The lowest BCUT2D eigenvalue weighted by Crippen LogP contribution is -2.41. The number of amides is 1. The van der Waals surface area contributed by atoms with E-state index in [4.69, 9.17) is 4.74 Å². The third kappa shape index (κ3) is 4.07. The summed E-state index contributed by atoms with van der Waals surface area (Å²) in [5.41, 5.74) is 0.905. The SMILES string of the molecule is COc1cc(C(=O)N2CCCC2c2cc3n(n2)[C@@H](C(F)(F)F)C[C@@H](C(C)C)N3)ccn1. The maximum Gasteiger partial charge on any atom is 0.410 e. The van der Waals surface area contributed by atoms with Crippen molar-refractivity contribution in [1.82, 2.24) is 19.7 Å². The van der Waals surface area contributed by atoms with Crippen molar-refractivity contribution >= 4 is 11.7 Å². The molecule has 4 heterocycles. The zero-order valence-electron chi connectivity index (χ0n) is 17.7. The number of rotatable bonds is 4. The van der Waals surface area contributed by atoms with Gasteiger partial charge in [-0.3, -0.25) is 4.79 Å². The maximum atomic E-state index is 13.8. The predicted molar refractivity (Wildman–Crippen MR) is 108 cm³/mol. The summed E-state index contributed by atoms with van der Waals surface area (Å²) in [6.45, 7) is 4.32. The topological polar surface area (TPSA) is 72.3 Å². The molecule has 0 aromatic carbocycles. The summed E-state index contributed by atoms with van der Waals surface area (Å²) in [7, 11) is 1.47. The molecule has 3 atom stereocenters. The summed E-state index contributed by atoms with van der Waals surface area (Å²) in [5.74, 6) is 0.515. The van der Waals surface area contributed by atoms with Crippen molar-refractivity contribution in [3.05, 3.63) is 35.7 Å². The van der Waals surface area contributed by atoms with E-state index in [-0.39, 0.29) is 30.3 Å². The number of carbonyl (C=O) groups is 1. The highest BCUT2D eigenvalue weighted by Gasteiger charge is 2.47. The van der Waals surface area contributed by atoms with Crippen LogP contribution in [-0.4, -0.2) is 51.4 Å². The average molecular weight is 437 g/mol. The molecule has 2 aromatic rings. The van der Waals surface area contributed by atoms with Crippen LogP contribution in [0.25, 0.3) is 0 Å². The van der Waals surface area contributed by atoms with Crippen LogP contribution in [0.1, 0.15) is 61.2 Å². The minimum Gasteiger partial charge on any atom is -0.481 e. The molecule has 1 unspecified atom stereocenters. The first-order valence-corrected chi connectivity index (χ1v) is 10.4. The number of methoxy groups -OCH3 is 1. The van der Waals surface area contributed by atoms with Crippen LogP contribution in [0.2, 0.25) is 0 Å². The number of aromatic nitrogens is 3. The molecule has 7 nitrogen and oxygen atoms in total. The van der Waals surface area contributed by atoms with Gasteiger partial charge in [0, 0.05) is 36.5 Å². The molecule has 0 bridgehead atoms. The molecule has 2 aliphatic rings. The van der Waals surface area contributed by atoms with Gasteiger partial charge in [-0.2, -0.15) is 18.3 Å². The number of likely N-dealkylation sites (tertiary alicyclic amines) is 1. The van der Waals surface area contributed by atoms with Gasteiger partial charge in [-0.1, -0.05) is 13.8 Å². The summed E-state index contributed by atoms with van der Waals surface area (Å²) in [5, 5.41) is 7.54. The van der Waals surface area contributed by atoms with Crippen LogP contribution >= 0.6 is 0 Å². The largest absolute Gasteiger partial charge is 0.481 e. The first-order valence-electron chi connectivity index (χ1n) is 10.4. The smallest absolute Gasteiger partial charge is 0.410 e. The second kappa shape index (κ2) is 8.05. The number of carbonyl (C=O) groups excluding carboxylic acids is 1. The Morgan fingerprint density at radius 1 is 1.32 bits per heavy atom. The second-order valence-corrected chi connectivity index (χ2v) is 8.43. The fourth-order valence-electron chi connectivity index (χ4n) is 4.36. The fourth-order valence-corrected chi connectivity index (χ4v) is 4.36. The molecule has 0 aliphatic carbocycles. The highest BCUT2D eigenvalue weighted by atomic mass is 19.4. The summed E-state index contributed by atoms with van der Waals surface area (Å²) < 4.78 is 47.5. The predicted octanol–water partition coefficient (Wildman–Crippen LogP) is 4.21. The summed E-state index contributed by atoms with van der Waals surface area (Å²) in [6, 6.07) is 2.47. The van der Waals surface area contributed by atoms with Gasteiger partial charge in [0.25, 0.3) is 5.91 Å². The van der Waals surface area contributed by atoms with Gasteiger partial charge in [-0.25, -0.2) is 9.67 Å². The Hall–Kier alpha value is -2.78. The van der Waals surface area contributed by atoms with Crippen molar-refractivity contribution in [1.29, 1.82) is 0 Å². The van der Waals surface area contributed by atoms with Gasteiger partial charge in [0.15, 0.2) is 6.04 Å². The van der Waals surface area contributed by atoms with E-state index in [0.29, 0.717) is 35.9 Å². The van der Waals surface area contributed by atoms with Crippen LogP contribution in [0.4, 0.5) is 19.0 Å². The zero-order valence-corrected chi connectivity index (χ0v) is 17.7. The van der Waals surface area contributed by atoms with Crippen LogP contribution in [0.3, 0.4) is 0 Å². The maximum absolute atomic E-state index is 13.8. The van der Waals surface area contributed by atoms with Crippen molar-refractivity contribution in [2.45, 2.75) is 57.4 Å². The molecule has 0 saturated carbocycles. The molecule has 1 N–H and O–H groups in total. The molecular weight excluding hydrogens is 411 g/mol. The number of nitrogens with one attached hydrogen (secondary N) is 1. The highest BCUT2D eigenvalue weighted by molar-refractivity contribution is 5.94. The third-order valence-corrected chi connectivity index (χ3v) is 6.09. The average Bonchev–Trinajstić information content (AvgIpc) is 3.38. The Balaban J connectivity index is 1.64. The third-order valence-electron chi connectivity index (χ3n) is 6.09. The van der Waals surface area contributed by atoms with Gasteiger partial charge >= 0.3 is 6.18 Å². The molecule has 0 radical (unpaired) electrons. The van der Waals surface area contributed by atoms with Crippen LogP contribution in [-0.2, 0) is 0 Å². The Bertz CT molecular complexity index is 959. The van der Waals surface area contributed by atoms with E-state index in [0.717, 1.165) is 11.1 Å². The monoisotopic (exact) mass is 437 g/mol. The lowest BCUT2D eigenvalue weighted by atomic mass is 9.94. The zero-order chi connectivity index (χ0) is 22.3. The normalized spacial score (nSPS) is 23.6. The summed E-state index contributed by atoms with van der Waals surface area (Å²) >= 11 is 0. The lowest BCUT2D eigenvalue weighted by Gasteiger charge is -2.35. The number of pyridine rings is 1. The number of ether oxygens (including phenoxy) is 1. The minimum atomic E-state index is -4.40. The van der Waals surface area contributed by atoms with Crippen LogP contribution in [0, 0.1) is 5.92 Å². The van der Waals surface area contributed by atoms with E-state index in [9.17, 15) is 18.0 Å². The van der Waals surface area contributed by atoms with Gasteiger partial charge in [0.05, 0.1) is 18.8 Å². The second-order valence-electron chi connectivity index (χ2n) is 8.43. The molecule has 168 valence electrons. The van der Waals surface area contributed by atoms with Crippen LogP contribution in [0.5, 0.6) is 5.88 Å². The Morgan fingerprint density at radius 3 is 2.77 bits per heavy atom. The van der Waals surface area contributed by atoms with E-state index < -0.39 is 12.2 Å². The molecule has 10 heteroatoms. The Labute approximate surface area is 178 Å². The molecule has 2 aliphatic heterocycles. The molecule has 1 fully saturated rings. The molecule has 1 amide bonds. The van der Waals surface area contributed by atoms with Gasteiger partial charge in [0.2, 0.25) is 5.88 Å². The molecule has 0 spiro atoms. The number of hydrogen-bond donors (Lipinski definition) is 1. The quantitative estimate of drug-likeness (QED) is 0.776. The van der Waals surface area contributed by atoms with E-state index in [1.807, 2.05) is 13.8 Å². The molecule has 2 aromatic heterocycles. The van der Waals surface area contributed by atoms with Gasteiger partial charge < -0.3 is 15.0 Å². The Morgan fingerprint density at radius 2 is 2.10 bits per heavy atom. The fraction of sp³-hybridized carbons (Fsp3) is 0.571. The van der Waals surface area contributed by atoms with E-state index in [1.165, 1.54) is 13.3 Å². The summed E-state index contributed by atoms with van der Waals surface area (Å²) in [4.78, 5) is 18.8. The summed E-state index contributed by atoms with van der Waals surface area (Å²) in [6.07, 6.45) is -1.57. The molecular formula is C21H26F3N5O2. The van der Waals surface area contributed by atoms with E-state index in [2.05, 4.69) is 15.4 Å². The number of fused-ring (bicyclic) bond motifs is 1. The molecule has 31 heavy (non-hydrogen) atoms. The molecule has 4 rings (SSSR count). The molecule has 1 saturated heterocycles. The van der Waals surface area contributed by atoms with Gasteiger partial charge in [-0.15, -0.1) is 0 Å². The van der Waals surface area contributed by atoms with Crippen molar-refractivity contribution < 1.29 is 22.7 Å². The number of hydrogen-bond acceptors (Lipinski definition) is 5. The van der Waals surface area contributed by atoms with Crippen LogP contribution < -0.4 is 10.1 Å². The number of alkyl halides is 3. The van der Waals surface area contributed by atoms with Gasteiger partial charge in [-0.05, 0) is 31.2 Å². The first-order chi connectivity index (χ1) is 14.7. The van der Waals surface area contributed by atoms with Crippen molar-refractivity contribution in [2.75, 3.05) is 19.0 Å². The minimum absolute atomic E-state index is 0.0446. The highest BCUT2D eigenvalue weighted by Crippen LogP contribution is 2.42. The van der Waals surface area contributed by atoms with Crippen molar-refractivity contribution in [2.24, 2.45) is 5.92 Å². The van der Waals surface area contributed by atoms with Crippen LogP contribution in [0.15, 0.2) is 24.4 Å². The standard InChI is InChI=1S/C21H26F3N5O2/c1-12(2)14-10-17(21(22,23)24)29-18(26-14)11-15(27-29)16-5-4-8-28(16)20(30)13-6-7-25-19(9-13)31-3/h6-7,9,11-12,14,16-17,26H,4-5,8,10H2,1-3H3/t14-,16?,17+/m0/s1.